The molecular formula is C23H14Cl2F5N3O3. The minimum absolute atomic E-state index is 0.0106. The zero-order valence-corrected chi connectivity index (χ0v) is 19.4. The number of alkyl halides is 4. The summed E-state index contributed by atoms with van der Waals surface area (Å²) in [6, 6.07) is 7.22. The first-order chi connectivity index (χ1) is 16.9. The molecule has 1 saturated heterocycles. The van der Waals surface area contributed by atoms with Crippen LogP contribution in [0.2, 0.25) is 10.0 Å². The smallest absolute Gasteiger partial charge is 0.428 e. The van der Waals surface area contributed by atoms with Crippen LogP contribution in [0.3, 0.4) is 0 Å². The molecule has 0 spiro atoms. The molecule has 2 aromatic carbocycles. The minimum Gasteiger partial charge on any atom is -0.438 e. The van der Waals surface area contributed by atoms with E-state index in [1.165, 1.54) is 35.4 Å². The van der Waals surface area contributed by atoms with Crippen molar-refractivity contribution in [3.63, 3.8) is 0 Å². The van der Waals surface area contributed by atoms with Crippen LogP contribution in [-0.4, -0.2) is 35.1 Å². The number of carbonyl (C=O) groups is 1. The fourth-order valence-corrected chi connectivity index (χ4v) is 4.55. The lowest BCUT2D eigenvalue weighted by Crippen LogP contribution is -2.58. The lowest BCUT2D eigenvalue weighted by atomic mass is 9.86. The summed E-state index contributed by atoms with van der Waals surface area (Å²) in [5.74, 6) is -1.56. The topological polar surface area (TPSA) is 67.6 Å². The van der Waals surface area contributed by atoms with E-state index in [2.05, 4.69) is 10.5 Å². The number of rotatable bonds is 4. The van der Waals surface area contributed by atoms with Gasteiger partial charge in [-0.05, 0) is 29.3 Å². The quantitative estimate of drug-likeness (QED) is 0.333. The van der Waals surface area contributed by atoms with Crippen LogP contribution in [0.4, 0.5) is 22.0 Å². The first-order valence-corrected chi connectivity index (χ1v) is 11.1. The number of oxazole rings is 1. The molecule has 3 aromatic rings. The Morgan fingerprint density at radius 1 is 1.08 bits per heavy atom. The van der Waals surface area contributed by atoms with E-state index >= 15 is 4.39 Å². The third-order valence-electron chi connectivity index (χ3n) is 6.03. The van der Waals surface area contributed by atoms with Gasteiger partial charge in [-0.3, -0.25) is 15.1 Å². The molecule has 0 saturated carbocycles. The number of halogens is 7. The van der Waals surface area contributed by atoms with Crippen molar-refractivity contribution in [3.05, 3.63) is 93.4 Å². The SMILES string of the molecule is O=C(c1cnco1)N1CC(F)(c2ccc(C3=CC(c4cc(Cl)c(F)c(Cl)c4)(C(F)(F)F)ON3)cc2)C1. The van der Waals surface area contributed by atoms with Crippen molar-refractivity contribution < 1.29 is 36.0 Å². The molecule has 1 fully saturated rings. The molecule has 0 radical (unpaired) electrons. The van der Waals surface area contributed by atoms with Crippen LogP contribution in [0.25, 0.3) is 5.70 Å². The number of hydrogen-bond donors (Lipinski definition) is 1. The zero-order valence-electron chi connectivity index (χ0n) is 17.9. The van der Waals surface area contributed by atoms with Crippen molar-refractivity contribution in [2.24, 2.45) is 0 Å². The van der Waals surface area contributed by atoms with Crippen LogP contribution < -0.4 is 5.48 Å². The Balaban J connectivity index is 1.39. The second-order valence-electron chi connectivity index (χ2n) is 8.32. The zero-order chi connectivity index (χ0) is 25.9. The number of nitrogens with zero attached hydrogens (tertiary/aromatic N) is 2. The van der Waals surface area contributed by atoms with Gasteiger partial charge in [0.1, 0.15) is 0 Å². The van der Waals surface area contributed by atoms with Crippen molar-refractivity contribution in [3.8, 4) is 0 Å². The highest BCUT2D eigenvalue weighted by molar-refractivity contribution is 6.35. The third-order valence-corrected chi connectivity index (χ3v) is 6.58. The van der Waals surface area contributed by atoms with Gasteiger partial charge in [0, 0.05) is 5.56 Å². The molecule has 1 N–H and O–H groups in total. The number of carbonyl (C=O) groups excluding carboxylic acids is 1. The summed E-state index contributed by atoms with van der Waals surface area (Å²) in [6.45, 7) is -0.446. The summed E-state index contributed by atoms with van der Waals surface area (Å²) in [5.41, 5.74) is -2.67. The van der Waals surface area contributed by atoms with E-state index in [0.717, 1.165) is 24.6 Å². The molecule has 188 valence electrons. The Bertz CT molecular complexity index is 1330. The molecule has 1 atom stereocenters. The van der Waals surface area contributed by atoms with E-state index in [0.29, 0.717) is 0 Å². The summed E-state index contributed by atoms with van der Waals surface area (Å²) in [5, 5.41) is -1.19. The molecule has 13 heteroatoms. The van der Waals surface area contributed by atoms with E-state index in [1.807, 2.05) is 0 Å². The van der Waals surface area contributed by atoms with Gasteiger partial charge in [0.25, 0.3) is 5.91 Å². The van der Waals surface area contributed by atoms with Crippen LogP contribution in [0.15, 0.2) is 59.5 Å². The van der Waals surface area contributed by atoms with Gasteiger partial charge < -0.3 is 9.32 Å². The second kappa shape index (κ2) is 8.46. The fraction of sp³-hybridized carbons (Fsp3) is 0.217. The van der Waals surface area contributed by atoms with Crippen LogP contribution in [0, 0.1) is 5.82 Å². The normalized spacial score (nSPS) is 21.1. The van der Waals surface area contributed by atoms with Crippen molar-refractivity contribution >= 4 is 34.8 Å². The van der Waals surface area contributed by atoms with E-state index in [4.69, 9.17) is 32.5 Å². The summed E-state index contributed by atoms with van der Waals surface area (Å²) in [7, 11) is 0. The largest absolute Gasteiger partial charge is 0.438 e. The molecule has 2 aliphatic rings. The monoisotopic (exact) mass is 545 g/mol. The maximum Gasteiger partial charge on any atom is 0.428 e. The minimum atomic E-state index is -4.97. The van der Waals surface area contributed by atoms with Crippen LogP contribution in [0.1, 0.15) is 27.2 Å². The Morgan fingerprint density at radius 2 is 1.72 bits per heavy atom. The van der Waals surface area contributed by atoms with E-state index < -0.39 is 44.8 Å². The first-order valence-electron chi connectivity index (χ1n) is 10.3. The molecule has 5 rings (SSSR count). The molecule has 36 heavy (non-hydrogen) atoms. The number of nitrogens with one attached hydrogen (secondary N) is 1. The predicted molar refractivity (Wildman–Crippen MR) is 118 cm³/mol. The molecule has 2 aliphatic heterocycles. The van der Waals surface area contributed by atoms with Gasteiger partial charge >= 0.3 is 6.18 Å². The molecule has 3 heterocycles. The van der Waals surface area contributed by atoms with E-state index in [1.54, 1.807) is 0 Å². The highest BCUT2D eigenvalue weighted by Crippen LogP contribution is 2.49. The van der Waals surface area contributed by atoms with Gasteiger partial charge in [-0.25, -0.2) is 13.8 Å². The summed E-state index contributed by atoms with van der Waals surface area (Å²) < 4.78 is 76.5. The number of hydrogen-bond acceptors (Lipinski definition) is 5. The van der Waals surface area contributed by atoms with Crippen LogP contribution in [0.5, 0.6) is 0 Å². The third kappa shape index (κ3) is 3.91. The molecule has 6 nitrogen and oxygen atoms in total. The molecule has 0 bridgehead atoms. The number of hydroxylamine groups is 1. The lowest BCUT2D eigenvalue weighted by Gasteiger charge is -2.44. The fourth-order valence-electron chi connectivity index (χ4n) is 4.07. The summed E-state index contributed by atoms with van der Waals surface area (Å²) >= 11 is 11.4. The summed E-state index contributed by atoms with van der Waals surface area (Å²) in [6.07, 6.45) is -1.87. The van der Waals surface area contributed by atoms with Crippen molar-refractivity contribution in [2.45, 2.75) is 17.4 Å². The highest BCUT2D eigenvalue weighted by atomic mass is 35.5. The highest BCUT2D eigenvalue weighted by Gasteiger charge is 2.60. The molecule has 1 unspecified atom stereocenters. The van der Waals surface area contributed by atoms with Gasteiger partial charge in [0.2, 0.25) is 11.4 Å². The van der Waals surface area contributed by atoms with Gasteiger partial charge in [0.15, 0.2) is 17.9 Å². The number of likely N-dealkylation sites (tertiary alicyclic amines) is 1. The predicted octanol–water partition coefficient (Wildman–Crippen LogP) is 5.77. The molecular weight excluding hydrogens is 532 g/mol. The standard InChI is InChI=1S/C23H14Cl2F5N3O3/c24-15-5-14(6-16(25)19(15)26)22(23(28,29)30)7-17(32-36-22)12-1-3-13(4-2-12)21(27)9-33(10-21)20(34)18-8-31-11-35-18/h1-8,11,32H,9-10H2. The number of aromatic nitrogens is 1. The van der Waals surface area contributed by atoms with Crippen molar-refractivity contribution in [2.75, 3.05) is 13.1 Å². The van der Waals surface area contributed by atoms with Gasteiger partial charge in [-0.1, -0.05) is 47.5 Å². The van der Waals surface area contributed by atoms with E-state index in [9.17, 15) is 22.4 Å². The Morgan fingerprint density at radius 3 is 2.28 bits per heavy atom. The summed E-state index contributed by atoms with van der Waals surface area (Å²) in [4.78, 5) is 22.1. The van der Waals surface area contributed by atoms with Gasteiger partial charge in [-0.15, -0.1) is 0 Å². The van der Waals surface area contributed by atoms with Crippen LogP contribution >= 0.6 is 23.2 Å². The lowest BCUT2D eigenvalue weighted by molar-refractivity contribution is -0.269. The van der Waals surface area contributed by atoms with Crippen molar-refractivity contribution in [1.82, 2.24) is 15.4 Å². The second-order valence-corrected chi connectivity index (χ2v) is 9.13. The number of benzene rings is 2. The molecule has 0 aliphatic carbocycles. The Labute approximate surface area is 210 Å². The van der Waals surface area contributed by atoms with Gasteiger partial charge in [-0.2, -0.15) is 13.2 Å². The first kappa shape index (κ1) is 24.5. The molecule has 1 amide bonds. The van der Waals surface area contributed by atoms with E-state index in [-0.39, 0.29) is 35.7 Å². The average molecular weight is 546 g/mol. The maximum atomic E-state index is 15.3. The average Bonchev–Trinajstić information content (AvgIpc) is 3.51. The maximum absolute atomic E-state index is 15.3. The Hall–Kier alpha value is -3.15. The van der Waals surface area contributed by atoms with Gasteiger partial charge in [0.05, 0.1) is 35.0 Å². The van der Waals surface area contributed by atoms with Crippen molar-refractivity contribution in [1.29, 1.82) is 0 Å². The Kier molecular flexibility index (Phi) is 5.77. The van der Waals surface area contributed by atoms with Crippen LogP contribution in [-0.2, 0) is 16.1 Å². The number of amides is 1. The molecule has 1 aromatic heterocycles.